The molecule has 102 valence electrons. The number of carbonyl (C=O) groups is 3. The lowest BCUT2D eigenvalue weighted by Gasteiger charge is -2.27. The van der Waals surface area contributed by atoms with Crippen LogP contribution in [0.4, 0.5) is 0 Å². The third kappa shape index (κ3) is 3.29. The average molecular weight is 256 g/mol. The molecule has 1 saturated heterocycles. The van der Waals surface area contributed by atoms with E-state index in [2.05, 4.69) is 5.32 Å². The van der Waals surface area contributed by atoms with E-state index in [4.69, 9.17) is 5.11 Å². The maximum atomic E-state index is 12.1. The molecule has 18 heavy (non-hydrogen) atoms. The van der Waals surface area contributed by atoms with Gasteiger partial charge in [0, 0.05) is 19.9 Å². The third-order valence-electron chi connectivity index (χ3n) is 3.11. The van der Waals surface area contributed by atoms with E-state index in [1.165, 1.54) is 11.8 Å². The van der Waals surface area contributed by atoms with Crippen LogP contribution >= 0.6 is 0 Å². The van der Waals surface area contributed by atoms with Gasteiger partial charge in [0.1, 0.15) is 6.04 Å². The number of nitrogens with one attached hydrogen (secondary N) is 1. The van der Waals surface area contributed by atoms with Crippen molar-refractivity contribution in [2.24, 2.45) is 0 Å². The summed E-state index contributed by atoms with van der Waals surface area (Å²) in [4.78, 5) is 36.3. The molecule has 0 aliphatic carbocycles. The molecule has 2 N–H and O–H groups in total. The van der Waals surface area contributed by atoms with Crippen molar-refractivity contribution in [2.45, 2.75) is 45.2 Å². The molecule has 0 aromatic carbocycles. The molecule has 1 fully saturated rings. The molecule has 6 nitrogen and oxygen atoms in total. The van der Waals surface area contributed by atoms with Crippen LogP contribution in [0.25, 0.3) is 0 Å². The molecule has 0 aromatic rings. The van der Waals surface area contributed by atoms with Gasteiger partial charge in [0.05, 0.1) is 12.6 Å². The molecule has 0 bridgehead atoms. The number of hydrogen-bond donors (Lipinski definition) is 2. The largest absolute Gasteiger partial charge is 0.394 e. The van der Waals surface area contributed by atoms with E-state index in [0.29, 0.717) is 19.4 Å². The van der Waals surface area contributed by atoms with Crippen LogP contribution in [0.2, 0.25) is 0 Å². The number of nitrogens with zero attached hydrogens (tertiary/aromatic N) is 1. The predicted octanol–water partition coefficient (Wildman–Crippen LogP) is -0.546. The molecule has 1 heterocycles. The fraction of sp³-hybridized carbons (Fsp3) is 0.750. The SMILES string of the molecule is CCC(=O)C1CCCN1C(=O)C(CO)NC(C)=O. The van der Waals surface area contributed by atoms with E-state index in [1.807, 2.05) is 0 Å². The molecule has 6 heteroatoms. The van der Waals surface area contributed by atoms with E-state index >= 15 is 0 Å². The highest BCUT2D eigenvalue weighted by atomic mass is 16.3. The second-order valence-electron chi connectivity index (χ2n) is 4.45. The van der Waals surface area contributed by atoms with Gasteiger partial charge in [0.15, 0.2) is 5.78 Å². The summed E-state index contributed by atoms with van der Waals surface area (Å²) in [7, 11) is 0. The van der Waals surface area contributed by atoms with Gasteiger partial charge in [-0.15, -0.1) is 0 Å². The number of carbonyl (C=O) groups excluding carboxylic acids is 3. The highest BCUT2D eigenvalue weighted by Crippen LogP contribution is 2.20. The zero-order chi connectivity index (χ0) is 13.7. The van der Waals surface area contributed by atoms with Crippen molar-refractivity contribution in [3.05, 3.63) is 0 Å². The molecule has 2 atom stereocenters. The number of rotatable bonds is 5. The highest BCUT2D eigenvalue weighted by Gasteiger charge is 2.36. The minimum Gasteiger partial charge on any atom is -0.394 e. The van der Waals surface area contributed by atoms with Crippen molar-refractivity contribution in [1.29, 1.82) is 0 Å². The first-order valence-corrected chi connectivity index (χ1v) is 6.22. The van der Waals surface area contributed by atoms with Crippen LogP contribution in [0, 0.1) is 0 Å². The van der Waals surface area contributed by atoms with Crippen molar-refractivity contribution >= 4 is 17.6 Å². The van der Waals surface area contributed by atoms with Crippen LogP contribution in [-0.2, 0) is 14.4 Å². The lowest BCUT2D eigenvalue weighted by atomic mass is 10.1. The van der Waals surface area contributed by atoms with Crippen molar-refractivity contribution in [3.63, 3.8) is 0 Å². The Balaban J connectivity index is 2.74. The summed E-state index contributed by atoms with van der Waals surface area (Å²) in [5.41, 5.74) is 0. The molecule has 1 aliphatic heterocycles. The van der Waals surface area contributed by atoms with Gasteiger partial charge in [-0.2, -0.15) is 0 Å². The Morgan fingerprint density at radius 3 is 2.61 bits per heavy atom. The summed E-state index contributed by atoms with van der Waals surface area (Å²) < 4.78 is 0. The Morgan fingerprint density at radius 1 is 1.44 bits per heavy atom. The van der Waals surface area contributed by atoms with Gasteiger partial charge < -0.3 is 15.3 Å². The molecular formula is C12H20N2O4. The van der Waals surface area contributed by atoms with Crippen LogP contribution in [0.15, 0.2) is 0 Å². The Labute approximate surface area is 106 Å². The summed E-state index contributed by atoms with van der Waals surface area (Å²) in [6.07, 6.45) is 1.83. The Morgan fingerprint density at radius 2 is 2.11 bits per heavy atom. The summed E-state index contributed by atoms with van der Waals surface area (Å²) in [6, 6.07) is -1.35. The molecule has 0 aromatic heterocycles. The van der Waals surface area contributed by atoms with E-state index < -0.39 is 18.7 Å². The molecule has 2 unspecified atom stereocenters. The molecule has 0 radical (unpaired) electrons. The van der Waals surface area contributed by atoms with Crippen molar-refractivity contribution in [1.82, 2.24) is 10.2 Å². The van der Waals surface area contributed by atoms with Gasteiger partial charge in [-0.3, -0.25) is 14.4 Å². The zero-order valence-corrected chi connectivity index (χ0v) is 10.8. The van der Waals surface area contributed by atoms with Crippen LogP contribution in [0.5, 0.6) is 0 Å². The Kier molecular flexibility index (Phi) is 5.27. The first-order valence-electron chi connectivity index (χ1n) is 6.22. The normalized spacial score (nSPS) is 20.6. The minimum atomic E-state index is -0.951. The number of aliphatic hydroxyl groups is 1. The number of likely N-dealkylation sites (tertiary alicyclic amines) is 1. The van der Waals surface area contributed by atoms with Crippen molar-refractivity contribution < 1.29 is 19.5 Å². The second-order valence-corrected chi connectivity index (χ2v) is 4.45. The van der Waals surface area contributed by atoms with Gasteiger partial charge in [-0.1, -0.05) is 6.92 Å². The standard InChI is InChI=1S/C12H20N2O4/c1-3-11(17)10-5-4-6-14(10)12(18)9(7-15)13-8(2)16/h9-10,15H,3-7H2,1-2H3,(H,13,16). The zero-order valence-electron chi connectivity index (χ0n) is 10.8. The summed E-state index contributed by atoms with van der Waals surface area (Å²) in [5, 5.41) is 11.5. The van der Waals surface area contributed by atoms with E-state index in [1.54, 1.807) is 6.92 Å². The summed E-state index contributed by atoms with van der Waals surface area (Å²) in [6.45, 7) is 3.10. The van der Waals surface area contributed by atoms with Gasteiger partial charge in [-0.25, -0.2) is 0 Å². The summed E-state index contributed by atoms with van der Waals surface area (Å²) >= 11 is 0. The number of hydrogen-bond acceptors (Lipinski definition) is 4. The number of Topliss-reactive ketones (excluding diaryl/α,β-unsaturated/α-hetero) is 1. The maximum Gasteiger partial charge on any atom is 0.248 e. The fourth-order valence-corrected chi connectivity index (χ4v) is 2.23. The van der Waals surface area contributed by atoms with Gasteiger partial charge in [-0.05, 0) is 12.8 Å². The number of amides is 2. The second kappa shape index (κ2) is 6.49. The predicted molar refractivity (Wildman–Crippen MR) is 64.7 cm³/mol. The molecule has 1 aliphatic rings. The van der Waals surface area contributed by atoms with Gasteiger partial charge >= 0.3 is 0 Å². The fourth-order valence-electron chi connectivity index (χ4n) is 2.23. The van der Waals surface area contributed by atoms with Crippen molar-refractivity contribution in [2.75, 3.05) is 13.2 Å². The first kappa shape index (κ1) is 14.6. The van der Waals surface area contributed by atoms with Gasteiger partial charge in [0.2, 0.25) is 11.8 Å². The molecule has 0 saturated carbocycles. The smallest absolute Gasteiger partial charge is 0.248 e. The minimum absolute atomic E-state index is 0.0281. The average Bonchev–Trinajstić information content (AvgIpc) is 2.82. The lowest BCUT2D eigenvalue weighted by molar-refractivity contribution is -0.141. The maximum absolute atomic E-state index is 12.1. The van der Waals surface area contributed by atoms with Crippen LogP contribution in [-0.4, -0.2) is 52.8 Å². The van der Waals surface area contributed by atoms with Crippen LogP contribution in [0.3, 0.4) is 0 Å². The van der Waals surface area contributed by atoms with E-state index in [-0.39, 0.29) is 17.6 Å². The monoisotopic (exact) mass is 256 g/mol. The van der Waals surface area contributed by atoms with Crippen molar-refractivity contribution in [3.8, 4) is 0 Å². The summed E-state index contributed by atoms with van der Waals surface area (Å²) in [5.74, 6) is -0.725. The molecule has 1 rings (SSSR count). The highest BCUT2D eigenvalue weighted by molar-refractivity contribution is 5.93. The van der Waals surface area contributed by atoms with Crippen LogP contribution < -0.4 is 5.32 Å². The van der Waals surface area contributed by atoms with E-state index in [0.717, 1.165) is 6.42 Å². The quantitative estimate of drug-likeness (QED) is 0.691. The first-order chi connectivity index (χ1) is 8.51. The van der Waals surface area contributed by atoms with E-state index in [9.17, 15) is 14.4 Å². The molecule has 0 spiro atoms. The topological polar surface area (TPSA) is 86.7 Å². The lowest BCUT2D eigenvalue weighted by Crippen LogP contribution is -2.52. The third-order valence-corrected chi connectivity index (χ3v) is 3.11. The number of ketones is 1. The van der Waals surface area contributed by atoms with Gasteiger partial charge in [0.25, 0.3) is 0 Å². The molecular weight excluding hydrogens is 236 g/mol. The van der Waals surface area contributed by atoms with Crippen LogP contribution in [0.1, 0.15) is 33.1 Å². The number of aliphatic hydroxyl groups excluding tert-OH is 1. The molecule has 2 amide bonds. The Bertz CT molecular complexity index is 343. The Hall–Kier alpha value is -1.43.